The highest BCUT2D eigenvalue weighted by molar-refractivity contribution is 7.26. The predicted molar refractivity (Wildman–Crippen MR) is 608 cm³/mol. The molecule has 0 radical (unpaired) electrons. The molecule has 6 nitrogen and oxygen atoms in total. The van der Waals surface area contributed by atoms with Gasteiger partial charge in [-0.05, 0) is 248 Å². The van der Waals surface area contributed by atoms with Gasteiger partial charge in [-0.25, -0.2) is 0 Å². The Morgan fingerprint density at radius 2 is 0.399 bits per heavy atom. The Hall–Kier alpha value is -18.7. The highest BCUT2D eigenvalue weighted by Crippen LogP contribution is 2.48. The average molecular weight is 1840 g/mol. The summed E-state index contributed by atoms with van der Waals surface area (Å²) in [7, 11) is 0. The van der Waals surface area contributed by atoms with Crippen molar-refractivity contribution < 1.29 is 0 Å². The summed E-state index contributed by atoms with van der Waals surface area (Å²) in [5.41, 5.74) is 36.3. The van der Waals surface area contributed by atoms with E-state index < -0.39 is 0 Å². The molecule has 143 heavy (non-hydrogen) atoms. The third kappa shape index (κ3) is 13.9. The van der Waals surface area contributed by atoms with E-state index in [4.69, 9.17) is 0 Å². The lowest BCUT2D eigenvalue weighted by Gasteiger charge is -2.14. The summed E-state index contributed by atoms with van der Waals surface area (Å²) in [6, 6.07) is 194. The van der Waals surface area contributed by atoms with Gasteiger partial charge in [0.15, 0.2) is 0 Å². The van der Waals surface area contributed by atoms with Gasteiger partial charge in [0, 0.05) is 124 Å². The molecule has 23 aromatic carbocycles. The fraction of sp³-hybridized carbons (Fsp3) is 0. The molecule has 0 unspecified atom stereocenters. The number of rotatable bonds is 12. The predicted octanol–water partition coefficient (Wildman–Crippen LogP) is 37.2. The minimum Gasteiger partial charge on any atom is -0.309 e. The van der Waals surface area contributed by atoms with Crippen LogP contribution >= 0.6 is 11.3 Å². The maximum Gasteiger partial charge on any atom is 0.0541 e. The van der Waals surface area contributed by atoms with Crippen molar-refractivity contribution in [3.05, 3.63) is 534 Å². The van der Waals surface area contributed by atoms with E-state index in [0.29, 0.717) is 0 Å². The molecule has 0 saturated heterocycles. The molecule has 0 aliphatic carbocycles. The summed E-state index contributed by atoms with van der Waals surface area (Å²) >= 11 is 1.89. The van der Waals surface area contributed by atoms with Gasteiger partial charge in [-0.2, -0.15) is 0 Å². The molecule has 0 aliphatic heterocycles. The van der Waals surface area contributed by atoms with E-state index >= 15 is 0 Å². The van der Waals surface area contributed by atoms with Crippen LogP contribution in [0.4, 0.5) is 0 Å². The van der Waals surface area contributed by atoms with Crippen molar-refractivity contribution in [3.63, 3.8) is 0 Å². The van der Waals surface area contributed by atoms with Gasteiger partial charge >= 0.3 is 0 Å². The Morgan fingerprint density at radius 1 is 0.126 bits per heavy atom. The topological polar surface area (TPSA) is 29.6 Å². The van der Waals surface area contributed by atoms with E-state index in [1.165, 1.54) is 257 Å². The van der Waals surface area contributed by atoms with Crippen LogP contribution in [0.1, 0.15) is 0 Å². The number of nitrogens with zero attached hydrogens (tertiary/aromatic N) is 6. The van der Waals surface area contributed by atoms with Gasteiger partial charge in [0.1, 0.15) is 0 Å². The van der Waals surface area contributed by atoms with Gasteiger partial charge in [-0.3, -0.25) is 0 Å². The van der Waals surface area contributed by atoms with E-state index in [2.05, 4.69) is 561 Å². The first-order chi connectivity index (χ1) is 70.9. The fourth-order valence-electron chi connectivity index (χ4n) is 22.8. The lowest BCUT2D eigenvalue weighted by molar-refractivity contribution is 1.18. The molecule has 7 heteroatoms. The normalized spacial score (nSPS) is 11.8. The molecule has 7 aromatic heterocycles. The third-order valence-corrected chi connectivity index (χ3v) is 30.5. The Morgan fingerprint density at radius 3 is 0.811 bits per heavy atom. The number of benzene rings is 23. The Balaban J connectivity index is 0.000000105. The molecule has 0 bridgehead atoms. The minimum absolute atomic E-state index is 1.16. The van der Waals surface area contributed by atoms with Crippen LogP contribution in [-0.4, -0.2) is 27.4 Å². The zero-order chi connectivity index (χ0) is 94.1. The summed E-state index contributed by atoms with van der Waals surface area (Å²) in [4.78, 5) is 0. The standard InChI is InChI=1S/C48H30N2S.C48H32N2.C40H26N2/c1-3-13-31(14-4-1)39-29-35(30-42-38-19-9-12-22-47(38)51-48(39)42)50-44-21-11-8-18-37(44)41-28-33(24-26-46(41)50)32-23-25-45-40(27-32)36-17-7-10-20-43(36)49(45)34-15-5-2-6-16-34;1-3-13-33(14-4-1)34-23-27-38(28-24-34)49-45-21-11-8-18-40(45)42-31-36(25-29-47(42)49)37-26-30-48-43(32-37)41-19-9-12-22-46(41)50(48)44-20-10-7-17-39(44)35-15-5-2-6-16-35;1-2-12-31(13-3-1)41-37-16-8-6-14-33(37)35-25-29(19-22-39(35)41)30-20-23-40-36(26-30)34-15-7-9-17-38(34)42(40)32-21-18-27-10-4-5-11-28(27)24-32/h1-30H;1-32H;1-26H. The van der Waals surface area contributed by atoms with Crippen molar-refractivity contribution in [3.8, 4) is 101 Å². The van der Waals surface area contributed by atoms with Crippen molar-refractivity contribution >= 4 is 173 Å². The number of hydrogen-bond donors (Lipinski definition) is 0. The fourth-order valence-corrected chi connectivity index (χ4v) is 24.0. The molecule has 7 heterocycles. The summed E-state index contributed by atoms with van der Waals surface area (Å²) < 4.78 is 17.1. The average Bonchev–Trinajstić information content (AvgIpc) is 1.55. The van der Waals surface area contributed by atoms with Crippen LogP contribution in [0.5, 0.6) is 0 Å². The number of hydrogen-bond acceptors (Lipinski definition) is 1. The lowest BCUT2D eigenvalue weighted by Crippen LogP contribution is -1.97. The van der Waals surface area contributed by atoms with Gasteiger partial charge in [0.25, 0.3) is 0 Å². The van der Waals surface area contributed by atoms with Gasteiger partial charge in [-0.15, -0.1) is 11.3 Å². The molecule has 0 fully saturated rings. The first-order valence-electron chi connectivity index (χ1n) is 49.1. The highest BCUT2D eigenvalue weighted by Gasteiger charge is 2.25. The smallest absolute Gasteiger partial charge is 0.0541 e. The van der Waals surface area contributed by atoms with Gasteiger partial charge < -0.3 is 27.4 Å². The number of fused-ring (bicyclic) bond motifs is 22. The molecule has 0 saturated carbocycles. The van der Waals surface area contributed by atoms with E-state index in [-0.39, 0.29) is 0 Å². The van der Waals surface area contributed by atoms with E-state index in [1.807, 2.05) is 11.3 Å². The highest BCUT2D eigenvalue weighted by atomic mass is 32.1. The number of thiophene rings is 1. The zero-order valence-electron chi connectivity index (χ0n) is 77.9. The molecule has 30 rings (SSSR count). The lowest BCUT2D eigenvalue weighted by atomic mass is 10.0. The van der Waals surface area contributed by atoms with Crippen molar-refractivity contribution in [2.24, 2.45) is 0 Å². The Labute approximate surface area is 829 Å². The van der Waals surface area contributed by atoms with Crippen LogP contribution in [0, 0.1) is 0 Å². The van der Waals surface area contributed by atoms with Crippen molar-refractivity contribution in [2.75, 3.05) is 0 Å². The second-order valence-corrected chi connectivity index (χ2v) is 38.4. The van der Waals surface area contributed by atoms with Crippen LogP contribution in [0.2, 0.25) is 0 Å². The van der Waals surface area contributed by atoms with Gasteiger partial charge in [0.05, 0.1) is 71.9 Å². The van der Waals surface area contributed by atoms with Crippen molar-refractivity contribution in [1.29, 1.82) is 0 Å². The Bertz CT molecular complexity index is 10300. The Kier molecular flexibility index (Phi) is 19.8. The molecule has 30 aromatic rings. The molecule has 0 N–H and O–H groups in total. The maximum atomic E-state index is 2.46. The van der Waals surface area contributed by atoms with Gasteiger partial charge in [-0.1, -0.05) is 352 Å². The van der Waals surface area contributed by atoms with Gasteiger partial charge in [0.2, 0.25) is 0 Å². The summed E-state index contributed by atoms with van der Waals surface area (Å²) in [6.07, 6.45) is 0. The summed E-state index contributed by atoms with van der Waals surface area (Å²) in [5.74, 6) is 0. The van der Waals surface area contributed by atoms with Crippen LogP contribution in [-0.2, 0) is 0 Å². The molecule has 0 spiro atoms. The van der Waals surface area contributed by atoms with E-state index in [9.17, 15) is 0 Å². The van der Waals surface area contributed by atoms with Crippen molar-refractivity contribution in [1.82, 2.24) is 27.4 Å². The van der Waals surface area contributed by atoms with Crippen LogP contribution < -0.4 is 0 Å². The molecule has 0 aliphatic rings. The largest absolute Gasteiger partial charge is 0.309 e. The maximum absolute atomic E-state index is 2.46. The van der Waals surface area contributed by atoms with E-state index in [1.54, 1.807) is 0 Å². The molecule has 0 amide bonds. The molecular formula is C136H88N6S. The first-order valence-corrected chi connectivity index (χ1v) is 49.9. The minimum atomic E-state index is 1.16. The first kappa shape index (κ1) is 82.6. The van der Waals surface area contributed by atoms with Crippen LogP contribution in [0.15, 0.2) is 534 Å². The zero-order valence-corrected chi connectivity index (χ0v) is 78.7. The van der Waals surface area contributed by atoms with E-state index in [0.717, 1.165) is 5.69 Å². The second kappa shape index (κ2) is 34.2. The molecular weight excluding hydrogens is 1750 g/mol. The number of para-hydroxylation sites is 9. The molecule has 668 valence electrons. The van der Waals surface area contributed by atoms with Crippen LogP contribution in [0.3, 0.4) is 0 Å². The monoisotopic (exact) mass is 1840 g/mol. The number of aromatic nitrogens is 6. The quantitative estimate of drug-likeness (QED) is 0.117. The molecule has 0 atom stereocenters. The van der Waals surface area contributed by atoms with Crippen LogP contribution in [0.25, 0.3) is 263 Å². The summed E-state index contributed by atoms with van der Waals surface area (Å²) in [5, 5.41) is 20.3. The second-order valence-electron chi connectivity index (χ2n) is 37.3. The van der Waals surface area contributed by atoms with Crippen molar-refractivity contribution in [2.45, 2.75) is 0 Å². The third-order valence-electron chi connectivity index (χ3n) is 29.3. The SMILES string of the molecule is c1ccc(-c2cc(-n3c4ccccc4c4cc(-c5ccc6c(c5)c5ccccc5n6-c5ccccc5)ccc43)cc3c2sc2ccccc23)cc1.c1ccc(-c2ccc(-n3c4ccccc4c4cc(-c5ccc6c(c5)c5ccccc5n6-c5ccccc5-c5ccccc5)ccc43)cc2)cc1.c1ccc(-n2c3ccccc3c3cc(-c4ccc5c(c4)c4ccccc4n5-c4ccc5ccccc5c4)ccc32)cc1. The summed E-state index contributed by atoms with van der Waals surface area (Å²) in [6.45, 7) is 0.